The second-order valence-electron chi connectivity index (χ2n) is 3.59. The van der Waals surface area contributed by atoms with Crippen LogP contribution in [0, 0.1) is 0 Å². The number of nitrogens with zero attached hydrogens (tertiary/aromatic N) is 2. The number of nitrogens with one attached hydrogen (secondary N) is 1. The Morgan fingerprint density at radius 3 is 3.00 bits per heavy atom. The van der Waals surface area contributed by atoms with E-state index in [1.54, 1.807) is 37.5 Å². The van der Waals surface area contributed by atoms with Crippen molar-refractivity contribution in [3.05, 3.63) is 24.0 Å². The van der Waals surface area contributed by atoms with E-state index in [1.165, 1.54) is 0 Å². The molecule has 1 rings (SSSR count). The van der Waals surface area contributed by atoms with Gasteiger partial charge in [0.05, 0.1) is 24.1 Å². The monoisotopic (exact) mass is 237 g/mol. The maximum atomic E-state index is 12.1. The average molecular weight is 237 g/mol. The van der Waals surface area contributed by atoms with E-state index in [0.29, 0.717) is 25.3 Å². The van der Waals surface area contributed by atoms with Crippen molar-refractivity contribution in [3.8, 4) is 0 Å². The van der Waals surface area contributed by atoms with Crippen LogP contribution in [0.25, 0.3) is 0 Å². The van der Waals surface area contributed by atoms with Gasteiger partial charge in [0, 0.05) is 33.4 Å². The molecule has 0 saturated carbocycles. The summed E-state index contributed by atoms with van der Waals surface area (Å²) in [5.41, 5.74) is 1.36. The van der Waals surface area contributed by atoms with Gasteiger partial charge in [-0.1, -0.05) is 0 Å². The Labute approximate surface area is 102 Å². The number of carbonyl (C=O) groups is 1. The van der Waals surface area contributed by atoms with E-state index in [0.717, 1.165) is 5.69 Å². The standard InChI is InChI=1S/C12H19N3O2/c1-4-17-8-7-15(3)12(16)10-5-6-14-9-11(10)13-2/h5-6,9,13H,4,7-8H2,1-3H3. The first-order valence-corrected chi connectivity index (χ1v) is 5.65. The maximum Gasteiger partial charge on any atom is 0.255 e. The van der Waals surface area contributed by atoms with Gasteiger partial charge in [-0.25, -0.2) is 0 Å². The topological polar surface area (TPSA) is 54.5 Å². The summed E-state index contributed by atoms with van der Waals surface area (Å²) in [6, 6.07) is 1.71. The molecule has 0 fully saturated rings. The molecule has 1 aromatic rings. The third-order valence-corrected chi connectivity index (χ3v) is 2.44. The number of aromatic nitrogens is 1. The molecule has 17 heavy (non-hydrogen) atoms. The van der Waals surface area contributed by atoms with E-state index in [4.69, 9.17) is 4.74 Å². The SMILES string of the molecule is CCOCCN(C)C(=O)c1ccncc1NC. The second kappa shape index (κ2) is 6.85. The lowest BCUT2D eigenvalue weighted by atomic mass is 10.2. The van der Waals surface area contributed by atoms with Gasteiger partial charge in [-0.3, -0.25) is 9.78 Å². The molecule has 1 heterocycles. The zero-order valence-corrected chi connectivity index (χ0v) is 10.6. The lowest BCUT2D eigenvalue weighted by Crippen LogP contribution is -2.30. The van der Waals surface area contributed by atoms with Crippen LogP contribution in [0.15, 0.2) is 18.5 Å². The third-order valence-electron chi connectivity index (χ3n) is 2.44. The highest BCUT2D eigenvalue weighted by Gasteiger charge is 2.14. The summed E-state index contributed by atoms with van der Waals surface area (Å²) in [5, 5.41) is 2.96. The maximum absolute atomic E-state index is 12.1. The fourth-order valence-corrected chi connectivity index (χ4v) is 1.43. The molecule has 0 aliphatic carbocycles. The number of anilines is 1. The fourth-order valence-electron chi connectivity index (χ4n) is 1.43. The van der Waals surface area contributed by atoms with Crippen LogP contribution in [0.5, 0.6) is 0 Å². The van der Waals surface area contributed by atoms with Crippen molar-refractivity contribution in [3.63, 3.8) is 0 Å². The Hall–Kier alpha value is -1.62. The van der Waals surface area contributed by atoms with Gasteiger partial charge < -0.3 is 15.0 Å². The number of ether oxygens (including phenoxy) is 1. The highest BCUT2D eigenvalue weighted by atomic mass is 16.5. The van der Waals surface area contributed by atoms with Crippen molar-refractivity contribution in [2.45, 2.75) is 6.92 Å². The summed E-state index contributed by atoms with van der Waals surface area (Å²) in [6.45, 7) is 3.74. The number of hydrogen-bond acceptors (Lipinski definition) is 4. The molecule has 0 bridgehead atoms. The predicted octanol–water partition coefficient (Wildman–Crippen LogP) is 1.23. The molecule has 5 heteroatoms. The van der Waals surface area contributed by atoms with E-state index in [-0.39, 0.29) is 5.91 Å². The van der Waals surface area contributed by atoms with E-state index in [9.17, 15) is 4.79 Å². The fraction of sp³-hybridized carbons (Fsp3) is 0.500. The Morgan fingerprint density at radius 1 is 1.59 bits per heavy atom. The molecule has 0 spiro atoms. The minimum atomic E-state index is -0.0311. The molecule has 1 amide bonds. The van der Waals surface area contributed by atoms with Crippen molar-refractivity contribution >= 4 is 11.6 Å². The van der Waals surface area contributed by atoms with Gasteiger partial charge >= 0.3 is 0 Å². The van der Waals surface area contributed by atoms with Gasteiger partial charge in [0.25, 0.3) is 5.91 Å². The van der Waals surface area contributed by atoms with Crippen LogP contribution < -0.4 is 5.32 Å². The minimum Gasteiger partial charge on any atom is -0.386 e. The first-order valence-electron chi connectivity index (χ1n) is 5.65. The highest BCUT2D eigenvalue weighted by Crippen LogP contribution is 2.14. The molecule has 1 aromatic heterocycles. The number of amides is 1. The molecule has 0 aliphatic heterocycles. The van der Waals surface area contributed by atoms with Gasteiger partial charge in [0.2, 0.25) is 0 Å². The Kier molecular flexibility index (Phi) is 5.42. The van der Waals surface area contributed by atoms with Crippen LogP contribution in [0.4, 0.5) is 5.69 Å². The Balaban J connectivity index is 2.67. The Morgan fingerprint density at radius 2 is 2.35 bits per heavy atom. The van der Waals surface area contributed by atoms with Crippen molar-refractivity contribution in [1.82, 2.24) is 9.88 Å². The van der Waals surface area contributed by atoms with Gasteiger partial charge in [-0.15, -0.1) is 0 Å². The molecule has 0 atom stereocenters. The number of pyridine rings is 1. The average Bonchev–Trinajstić information content (AvgIpc) is 2.38. The predicted molar refractivity (Wildman–Crippen MR) is 67.2 cm³/mol. The van der Waals surface area contributed by atoms with E-state index in [2.05, 4.69) is 10.3 Å². The number of carbonyl (C=O) groups excluding carboxylic acids is 1. The summed E-state index contributed by atoms with van der Waals surface area (Å²) < 4.78 is 5.22. The van der Waals surface area contributed by atoms with Crippen LogP contribution in [0.1, 0.15) is 17.3 Å². The van der Waals surface area contributed by atoms with Crippen molar-refractivity contribution in [1.29, 1.82) is 0 Å². The molecule has 5 nitrogen and oxygen atoms in total. The Bertz CT molecular complexity index is 369. The van der Waals surface area contributed by atoms with Crippen LogP contribution in [0.2, 0.25) is 0 Å². The van der Waals surface area contributed by atoms with Crippen molar-refractivity contribution in [2.75, 3.05) is 39.2 Å². The van der Waals surface area contributed by atoms with Gasteiger partial charge in [0.1, 0.15) is 0 Å². The first-order chi connectivity index (χ1) is 8.20. The van der Waals surface area contributed by atoms with Gasteiger partial charge in [-0.2, -0.15) is 0 Å². The molecule has 94 valence electrons. The molecular weight excluding hydrogens is 218 g/mol. The zero-order valence-electron chi connectivity index (χ0n) is 10.6. The summed E-state index contributed by atoms with van der Waals surface area (Å²) >= 11 is 0. The second-order valence-corrected chi connectivity index (χ2v) is 3.59. The van der Waals surface area contributed by atoms with Crippen LogP contribution in [-0.4, -0.2) is 49.6 Å². The number of hydrogen-bond donors (Lipinski definition) is 1. The lowest BCUT2D eigenvalue weighted by molar-refractivity contribution is 0.0710. The third kappa shape index (κ3) is 3.71. The molecule has 0 aromatic carbocycles. The minimum absolute atomic E-state index is 0.0311. The summed E-state index contributed by atoms with van der Waals surface area (Å²) in [5.74, 6) is -0.0311. The molecule has 1 N–H and O–H groups in total. The van der Waals surface area contributed by atoms with Gasteiger partial charge in [-0.05, 0) is 13.0 Å². The van der Waals surface area contributed by atoms with E-state index >= 15 is 0 Å². The highest BCUT2D eigenvalue weighted by molar-refractivity contribution is 5.99. The van der Waals surface area contributed by atoms with Gasteiger partial charge in [0.15, 0.2) is 0 Å². The smallest absolute Gasteiger partial charge is 0.255 e. The lowest BCUT2D eigenvalue weighted by Gasteiger charge is -2.18. The molecule has 0 unspecified atom stereocenters. The van der Waals surface area contributed by atoms with Crippen LogP contribution in [0.3, 0.4) is 0 Å². The summed E-state index contributed by atoms with van der Waals surface area (Å²) in [6.07, 6.45) is 3.26. The molecule has 0 radical (unpaired) electrons. The van der Waals surface area contributed by atoms with Crippen LogP contribution in [-0.2, 0) is 4.74 Å². The zero-order chi connectivity index (χ0) is 12.7. The summed E-state index contributed by atoms with van der Waals surface area (Å²) in [7, 11) is 3.54. The van der Waals surface area contributed by atoms with Crippen molar-refractivity contribution in [2.24, 2.45) is 0 Å². The van der Waals surface area contributed by atoms with Crippen LogP contribution >= 0.6 is 0 Å². The van der Waals surface area contributed by atoms with Crippen molar-refractivity contribution < 1.29 is 9.53 Å². The molecule has 0 saturated heterocycles. The number of rotatable bonds is 6. The van der Waals surface area contributed by atoms with E-state index < -0.39 is 0 Å². The number of likely N-dealkylation sites (N-methyl/N-ethyl adjacent to an activating group) is 1. The molecular formula is C12H19N3O2. The first kappa shape index (κ1) is 13.4. The molecule has 0 aliphatic rings. The largest absolute Gasteiger partial charge is 0.386 e. The normalized spacial score (nSPS) is 10.1. The van der Waals surface area contributed by atoms with E-state index in [1.807, 2.05) is 6.92 Å². The summed E-state index contributed by atoms with van der Waals surface area (Å²) in [4.78, 5) is 17.7. The quantitative estimate of drug-likeness (QED) is 0.756.